The molecule has 0 aliphatic rings. The second kappa shape index (κ2) is 3.90. The van der Waals surface area contributed by atoms with E-state index in [-0.39, 0.29) is 18.8 Å². The zero-order chi connectivity index (χ0) is 9.94. The summed E-state index contributed by atoms with van der Waals surface area (Å²) in [6.45, 7) is 9.18. The number of aliphatic carboxylic acids is 1. The number of hydrogen-bond donors (Lipinski definition) is 1. The summed E-state index contributed by atoms with van der Waals surface area (Å²) in [5.74, 6) is -1.27. The van der Waals surface area contributed by atoms with Crippen LogP contribution in [0.4, 0.5) is 0 Å². The zero-order valence-electron chi connectivity index (χ0n) is 8.42. The van der Waals surface area contributed by atoms with Gasteiger partial charge in [0.2, 0.25) is 0 Å². The number of carboxylic acids is 1. The first-order chi connectivity index (χ1) is 5.24. The predicted octanol–water partition coefficient (Wildman–Crippen LogP) is 3.14. The van der Waals surface area contributed by atoms with Gasteiger partial charge in [0.25, 0.3) is 0 Å². The van der Waals surface area contributed by atoms with Crippen molar-refractivity contribution in [3.05, 3.63) is 0 Å². The highest BCUT2D eigenvalue weighted by Gasteiger charge is 2.24. The third-order valence-electron chi connectivity index (χ3n) is 1.63. The van der Waals surface area contributed by atoms with E-state index in [4.69, 9.17) is 9.84 Å². The van der Waals surface area contributed by atoms with Gasteiger partial charge < -0.3 is 9.84 Å². The SMILES string of the molecule is C[C@H](C(=O)O)[C@@H](C)OC(C)(C)C.[HH].[HH].[HH].[HH].[HH]. The Kier molecular flexibility index (Phi) is 3.71. The van der Waals surface area contributed by atoms with Gasteiger partial charge in [-0.05, 0) is 34.6 Å². The molecule has 0 saturated carbocycles. The summed E-state index contributed by atoms with van der Waals surface area (Å²) < 4.78 is 5.48. The van der Waals surface area contributed by atoms with E-state index in [9.17, 15) is 4.79 Å². The van der Waals surface area contributed by atoms with Gasteiger partial charge in [-0.15, -0.1) is 0 Å². The molecule has 82 valence electrons. The Labute approximate surface area is 81.2 Å². The Balaban J connectivity index is -0.0000000605. The van der Waals surface area contributed by atoms with Gasteiger partial charge in [-0.3, -0.25) is 4.79 Å². The van der Waals surface area contributed by atoms with Gasteiger partial charge in [-0.1, -0.05) is 0 Å². The number of ether oxygens (including phenoxy) is 1. The van der Waals surface area contributed by atoms with Crippen molar-refractivity contribution in [1.82, 2.24) is 0 Å². The summed E-state index contributed by atoms with van der Waals surface area (Å²) >= 11 is 0. The van der Waals surface area contributed by atoms with E-state index in [0.717, 1.165) is 0 Å². The van der Waals surface area contributed by atoms with E-state index in [1.54, 1.807) is 13.8 Å². The topological polar surface area (TPSA) is 46.5 Å². The average molecular weight is 184 g/mol. The number of carboxylic acid groups (broad SMARTS) is 1. The van der Waals surface area contributed by atoms with Crippen LogP contribution in [0.5, 0.6) is 0 Å². The highest BCUT2D eigenvalue weighted by Crippen LogP contribution is 2.16. The van der Waals surface area contributed by atoms with Crippen LogP contribution in [0.15, 0.2) is 0 Å². The van der Waals surface area contributed by atoms with Gasteiger partial charge in [-0.2, -0.15) is 0 Å². The molecule has 0 bridgehead atoms. The van der Waals surface area contributed by atoms with E-state index in [0.29, 0.717) is 0 Å². The first-order valence-electron chi connectivity index (χ1n) is 4.14. The molecule has 3 heteroatoms. The lowest BCUT2D eigenvalue weighted by Crippen LogP contribution is -2.33. The number of carbonyl (C=O) groups is 1. The smallest absolute Gasteiger partial charge is 0.308 e. The van der Waals surface area contributed by atoms with Crippen molar-refractivity contribution in [2.24, 2.45) is 5.92 Å². The second-order valence-electron chi connectivity index (χ2n) is 4.06. The molecule has 12 heavy (non-hydrogen) atoms. The molecule has 2 atom stereocenters. The Morgan fingerprint density at radius 3 is 2.08 bits per heavy atom. The lowest BCUT2D eigenvalue weighted by atomic mass is 10.1. The molecule has 0 unspecified atom stereocenters. The van der Waals surface area contributed by atoms with Gasteiger partial charge in [0.1, 0.15) is 0 Å². The third-order valence-corrected chi connectivity index (χ3v) is 1.63. The van der Waals surface area contributed by atoms with Gasteiger partial charge in [-0.25, -0.2) is 0 Å². The Bertz CT molecular complexity index is 173. The predicted molar refractivity (Wildman–Crippen MR) is 57.7 cm³/mol. The summed E-state index contributed by atoms with van der Waals surface area (Å²) in [6.07, 6.45) is -0.248. The number of hydrogen-bond acceptors (Lipinski definition) is 2. The van der Waals surface area contributed by atoms with Gasteiger partial charge >= 0.3 is 5.97 Å². The summed E-state index contributed by atoms with van der Waals surface area (Å²) in [7, 11) is 0. The molecular formula is C9H28O3. The van der Waals surface area contributed by atoms with Crippen LogP contribution in [0.1, 0.15) is 41.8 Å². The van der Waals surface area contributed by atoms with Crippen molar-refractivity contribution in [3.8, 4) is 0 Å². The largest absolute Gasteiger partial charge is 0.481 e. The third kappa shape index (κ3) is 4.34. The fourth-order valence-electron chi connectivity index (χ4n) is 0.861. The highest BCUT2D eigenvalue weighted by atomic mass is 16.5. The van der Waals surface area contributed by atoms with Crippen molar-refractivity contribution in [2.75, 3.05) is 0 Å². The summed E-state index contributed by atoms with van der Waals surface area (Å²) in [4.78, 5) is 10.5. The summed E-state index contributed by atoms with van der Waals surface area (Å²) in [6, 6.07) is 0. The molecule has 0 aromatic heterocycles. The monoisotopic (exact) mass is 184 g/mol. The molecule has 0 spiro atoms. The summed E-state index contributed by atoms with van der Waals surface area (Å²) in [5.41, 5.74) is -0.275. The maximum Gasteiger partial charge on any atom is 0.308 e. The first-order valence-corrected chi connectivity index (χ1v) is 4.14. The van der Waals surface area contributed by atoms with Crippen molar-refractivity contribution in [3.63, 3.8) is 0 Å². The molecule has 0 amide bonds. The quantitative estimate of drug-likeness (QED) is 0.733. The van der Waals surface area contributed by atoms with E-state index in [2.05, 4.69) is 0 Å². The lowest BCUT2D eigenvalue weighted by Gasteiger charge is -2.27. The van der Waals surface area contributed by atoms with Crippen molar-refractivity contribution < 1.29 is 21.8 Å². The molecule has 3 nitrogen and oxygen atoms in total. The van der Waals surface area contributed by atoms with Crippen LogP contribution in [-0.4, -0.2) is 22.8 Å². The molecule has 0 heterocycles. The standard InChI is InChI=1S/C9H18O3.5H2/c1-6(8(10)11)7(2)12-9(3,4)5;;;;;/h6-7H,1-5H3,(H,10,11);5*1H/t6-,7+;;;;;/m0...../s1. The fourth-order valence-corrected chi connectivity index (χ4v) is 0.861. The molecule has 0 radical (unpaired) electrons. The Hall–Kier alpha value is -0.570. The normalized spacial score (nSPS) is 17.1. The van der Waals surface area contributed by atoms with Crippen LogP contribution < -0.4 is 0 Å². The Morgan fingerprint density at radius 1 is 1.42 bits per heavy atom. The zero-order valence-corrected chi connectivity index (χ0v) is 8.42. The maximum atomic E-state index is 10.5. The van der Waals surface area contributed by atoms with Crippen LogP contribution in [0, 0.1) is 5.92 Å². The minimum absolute atomic E-state index is 0. The van der Waals surface area contributed by atoms with Gasteiger partial charge in [0.15, 0.2) is 0 Å². The van der Waals surface area contributed by atoms with Gasteiger partial charge in [0.05, 0.1) is 17.6 Å². The van der Waals surface area contributed by atoms with E-state index in [1.165, 1.54) is 0 Å². The van der Waals surface area contributed by atoms with E-state index >= 15 is 0 Å². The summed E-state index contributed by atoms with van der Waals surface area (Å²) in [5, 5.41) is 8.67. The van der Waals surface area contributed by atoms with Crippen LogP contribution in [0.3, 0.4) is 0 Å². The number of rotatable bonds is 3. The van der Waals surface area contributed by atoms with E-state index in [1.807, 2.05) is 20.8 Å². The average Bonchev–Trinajstić information content (AvgIpc) is 1.82. The molecule has 0 aromatic rings. The minimum Gasteiger partial charge on any atom is -0.481 e. The molecule has 0 saturated heterocycles. The molecule has 0 aromatic carbocycles. The lowest BCUT2D eigenvalue weighted by molar-refractivity contribution is -0.150. The maximum absolute atomic E-state index is 10.5. The van der Waals surface area contributed by atoms with Gasteiger partial charge in [0, 0.05) is 7.13 Å². The molecule has 1 N–H and O–H groups in total. The van der Waals surface area contributed by atoms with Crippen molar-refractivity contribution in [2.45, 2.75) is 46.3 Å². The molecule has 0 fully saturated rings. The van der Waals surface area contributed by atoms with Crippen LogP contribution in [-0.2, 0) is 9.53 Å². The molecule has 0 rings (SSSR count). The molecular weight excluding hydrogens is 156 g/mol. The Morgan fingerprint density at radius 2 is 1.83 bits per heavy atom. The van der Waals surface area contributed by atoms with Crippen LogP contribution in [0.2, 0.25) is 0 Å². The van der Waals surface area contributed by atoms with Crippen LogP contribution >= 0.6 is 0 Å². The fraction of sp³-hybridized carbons (Fsp3) is 0.889. The van der Waals surface area contributed by atoms with E-state index < -0.39 is 11.9 Å². The molecule has 0 aliphatic heterocycles. The highest BCUT2D eigenvalue weighted by molar-refractivity contribution is 5.70. The van der Waals surface area contributed by atoms with Crippen molar-refractivity contribution >= 4 is 5.97 Å². The van der Waals surface area contributed by atoms with Crippen molar-refractivity contribution in [1.29, 1.82) is 0 Å². The minimum atomic E-state index is -0.813. The van der Waals surface area contributed by atoms with Crippen LogP contribution in [0.25, 0.3) is 0 Å². The first kappa shape index (κ1) is 11.4. The molecule has 0 aliphatic carbocycles. The second-order valence-corrected chi connectivity index (χ2v) is 4.06.